The first-order chi connectivity index (χ1) is 9.63. The Balaban J connectivity index is 2.49. The molecule has 2 amide bonds. The lowest BCUT2D eigenvalue weighted by Crippen LogP contribution is -2.56. The van der Waals surface area contributed by atoms with Gasteiger partial charge in [-0.2, -0.15) is 0 Å². The van der Waals surface area contributed by atoms with Crippen LogP contribution in [0.1, 0.15) is 33.1 Å². The quantitative estimate of drug-likeness (QED) is 0.289. The van der Waals surface area contributed by atoms with E-state index in [4.69, 9.17) is 10.9 Å². The van der Waals surface area contributed by atoms with Crippen molar-refractivity contribution in [2.45, 2.75) is 39.2 Å². The Bertz CT molecular complexity index is 327. The van der Waals surface area contributed by atoms with Crippen molar-refractivity contribution in [1.82, 2.24) is 15.1 Å². The second kappa shape index (κ2) is 8.63. The zero-order valence-electron chi connectivity index (χ0n) is 12.5. The third-order valence-corrected chi connectivity index (χ3v) is 3.59. The number of amides is 2. The highest BCUT2D eigenvalue weighted by molar-refractivity contribution is 5.85. The molecule has 1 unspecified atom stereocenters. The molecule has 1 aliphatic heterocycles. The number of nitrogens with one attached hydrogen (secondary N) is 1. The summed E-state index contributed by atoms with van der Waals surface area (Å²) in [6, 6.07) is -0.0341. The summed E-state index contributed by atoms with van der Waals surface area (Å²) in [6.45, 7) is 7.67. The van der Waals surface area contributed by atoms with Crippen LogP contribution in [0.15, 0.2) is 5.16 Å². The minimum atomic E-state index is -0.0362. The average molecular weight is 285 g/mol. The van der Waals surface area contributed by atoms with Crippen LogP contribution in [0, 0.1) is 0 Å². The van der Waals surface area contributed by atoms with Gasteiger partial charge in [0.05, 0.1) is 6.04 Å². The summed E-state index contributed by atoms with van der Waals surface area (Å²) in [5.74, 6) is 0.260. The van der Waals surface area contributed by atoms with Crippen molar-refractivity contribution in [3.63, 3.8) is 0 Å². The Morgan fingerprint density at radius 2 is 1.95 bits per heavy atom. The largest absolute Gasteiger partial charge is 0.409 e. The number of urea groups is 1. The molecule has 7 heteroatoms. The summed E-state index contributed by atoms with van der Waals surface area (Å²) in [6.07, 6.45) is 2.77. The predicted molar refractivity (Wildman–Crippen MR) is 78.9 cm³/mol. The van der Waals surface area contributed by atoms with Crippen LogP contribution >= 0.6 is 0 Å². The van der Waals surface area contributed by atoms with Crippen molar-refractivity contribution in [3.8, 4) is 0 Å². The first kappa shape index (κ1) is 16.6. The third kappa shape index (κ3) is 4.56. The van der Waals surface area contributed by atoms with Gasteiger partial charge < -0.3 is 21.2 Å². The van der Waals surface area contributed by atoms with Crippen molar-refractivity contribution in [2.24, 2.45) is 10.9 Å². The van der Waals surface area contributed by atoms with Crippen molar-refractivity contribution in [1.29, 1.82) is 0 Å². The van der Waals surface area contributed by atoms with Crippen molar-refractivity contribution in [2.75, 3.05) is 32.7 Å². The normalized spacial score (nSPS) is 18.9. The number of carbonyl (C=O) groups is 1. The lowest BCUT2D eigenvalue weighted by molar-refractivity contribution is 0.123. The van der Waals surface area contributed by atoms with Gasteiger partial charge in [-0.1, -0.05) is 25.4 Å². The molecular weight excluding hydrogens is 258 g/mol. The number of hydrogen-bond donors (Lipinski definition) is 3. The summed E-state index contributed by atoms with van der Waals surface area (Å²) < 4.78 is 0. The van der Waals surface area contributed by atoms with E-state index in [1.807, 2.05) is 11.8 Å². The molecule has 7 nitrogen and oxygen atoms in total. The van der Waals surface area contributed by atoms with Crippen LogP contribution in [0.5, 0.6) is 0 Å². The zero-order valence-corrected chi connectivity index (χ0v) is 12.5. The number of amidine groups is 1. The van der Waals surface area contributed by atoms with Crippen LogP contribution < -0.4 is 11.1 Å². The molecule has 116 valence electrons. The smallest absolute Gasteiger partial charge is 0.317 e. The fourth-order valence-electron chi connectivity index (χ4n) is 2.44. The van der Waals surface area contributed by atoms with Crippen LogP contribution in [0.4, 0.5) is 4.79 Å². The maximum atomic E-state index is 11.9. The minimum Gasteiger partial charge on any atom is -0.409 e. The lowest BCUT2D eigenvalue weighted by Gasteiger charge is -2.38. The molecule has 1 aliphatic rings. The van der Waals surface area contributed by atoms with Crippen molar-refractivity contribution in [3.05, 3.63) is 0 Å². The van der Waals surface area contributed by atoms with E-state index in [9.17, 15) is 4.79 Å². The highest BCUT2D eigenvalue weighted by atomic mass is 16.4. The van der Waals surface area contributed by atoms with E-state index in [-0.39, 0.29) is 17.9 Å². The zero-order chi connectivity index (χ0) is 15.0. The highest BCUT2D eigenvalue weighted by Gasteiger charge is 2.27. The molecule has 0 aliphatic carbocycles. The molecule has 0 aromatic rings. The number of carbonyl (C=O) groups excluding carboxylic acids is 1. The Hall–Kier alpha value is -1.50. The van der Waals surface area contributed by atoms with E-state index in [0.717, 1.165) is 32.4 Å². The molecule has 0 aromatic carbocycles. The summed E-state index contributed by atoms with van der Waals surface area (Å²) in [5.41, 5.74) is 5.76. The molecule has 0 saturated carbocycles. The molecule has 1 saturated heterocycles. The van der Waals surface area contributed by atoms with Gasteiger partial charge in [-0.05, 0) is 12.8 Å². The summed E-state index contributed by atoms with van der Waals surface area (Å²) in [7, 11) is 0. The van der Waals surface area contributed by atoms with E-state index in [2.05, 4.69) is 22.3 Å². The van der Waals surface area contributed by atoms with E-state index < -0.39 is 0 Å². The molecule has 1 heterocycles. The number of piperazine rings is 1. The van der Waals surface area contributed by atoms with Gasteiger partial charge in [0.25, 0.3) is 0 Å². The van der Waals surface area contributed by atoms with Gasteiger partial charge in [-0.25, -0.2) is 4.79 Å². The van der Waals surface area contributed by atoms with Gasteiger partial charge in [0, 0.05) is 32.7 Å². The number of oxime groups is 1. The predicted octanol–water partition coefficient (Wildman–Crippen LogP) is 0.639. The SMILES string of the molecule is CCCNC(=O)N1CCN(C(CCC)C(N)=NO)CC1. The van der Waals surface area contributed by atoms with E-state index in [1.54, 1.807) is 0 Å². The molecule has 20 heavy (non-hydrogen) atoms. The lowest BCUT2D eigenvalue weighted by atomic mass is 10.1. The Labute approximate surface area is 120 Å². The molecule has 1 atom stereocenters. The van der Waals surface area contributed by atoms with Crippen LogP contribution in [-0.4, -0.2) is 65.6 Å². The van der Waals surface area contributed by atoms with E-state index >= 15 is 0 Å². The molecule has 0 bridgehead atoms. The number of nitrogens with zero attached hydrogens (tertiary/aromatic N) is 3. The van der Waals surface area contributed by atoms with E-state index in [0.29, 0.717) is 19.6 Å². The van der Waals surface area contributed by atoms with Gasteiger partial charge in [0.15, 0.2) is 5.84 Å². The van der Waals surface area contributed by atoms with Crippen molar-refractivity contribution >= 4 is 11.9 Å². The number of hydrogen-bond acceptors (Lipinski definition) is 4. The Morgan fingerprint density at radius 1 is 1.30 bits per heavy atom. The third-order valence-electron chi connectivity index (χ3n) is 3.59. The van der Waals surface area contributed by atoms with Gasteiger partial charge >= 0.3 is 6.03 Å². The first-order valence-electron chi connectivity index (χ1n) is 7.38. The maximum absolute atomic E-state index is 11.9. The number of nitrogens with two attached hydrogens (primary N) is 1. The minimum absolute atomic E-state index is 0.00217. The summed E-state index contributed by atoms with van der Waals surface area (Å²) in [5, 5.41) is 14.9. The second-order valence-electron chi connectivity index (χ2n) is 5.08. The van der Waals surface area contributed by atoms with Crippen LogP contribution in [0.2, 0.25) is 0 Å². The van der Waals surface area contributed by atoms with Crippen LogP contribution in [0.25, 0.3) is 0 Å². The molecular formula is C13H27N5O2. The average Bonchev–Trinajstić information content (AvgIpc) is 2.49. The molecule has 0 spiro atoms. The van der Waals surface area contributed by atoms with Gasteiger partial charge in [-0.15, -0.1) is 0 Å². The van der Waals surface area contributed by atoms with Gasteiger partial charge in [-0.3, -0.25) is 4.90 Å². The van der Waals surface area contributed by atoms with Gasteiger partial charge in [0.1, 0.15) is 0 Å². The monoisotopic (exact) mass is 285 g/mol. The molecule has 4 N–H and O–H groups in total. The maximum Gasteiger partial charge on any atom is 0.317 e. The fraction of sp³-hybridized carbons (Fsp3) is 0.846. The second-order valence-corrected chi connectivity index (χ2v) is 5.08. The van der Waals surface area contributed by atoms with Crippen LogP contribution in [-0.2, 0) is 0 Å². The summed E-state index contributed by atoms with van der Waals surface area (Å²) >= 11 is 0. The highest BCUT2D eigenvalue weighted by Crippen LogP contribution is 2.11. The molecule has 1 rings (SSSR count). The first-order valence-corrected chi connectivity index (χ1v) is 7.38. The molecule has 0 aromatic heterocycles. The summed E-state index contributed by atoms with van der Waals surface area (Å²) in [4.78, 5) is 15.9. The fourth-order valence-corrected chi connectivity index (χ4v) is 2.44. The van der Waals surface area contributed by atoms with Crippen molar-refractivity contribution < 1.29 is 10.0 Å². The van der Waals surface area contributed by atoms with Crippen LogP contribution in [0.3, 0.4) is 0 Å². The van der Waals surface area contributed by atoms with E-state index in [1.165, 1.54) is 0 Å². The Kier molecular flexibility index (Phi) is 7.14. The number of rotatable bonds is 6. The topological polar surface area (TPSA) is 94.2 Å². The molecule has 0 radical (unpaired) electrons. The standard InChI is InChI=1S/C13H27N5O2/c1-3-5-11(12(14)16-20)17-7-9-18(10-8-17)13(19)15-6-4-2/h11,20H,3-10H2,1-2H3,(H2,14,16)(H,15,19). The molecule has 1 fully saturated rings. The van der Waals surface area contributed by atoms with Gasteiger partial charge in [0.2, 0.25) is 0 Å². The Morgan fingerprint density at radius 3 is 2.45 bits per heavy atom.